The predicted octanol–water partition coefficient (Wildman–Crippen LogP) is 3.19. The molecule has 2 heteroatoms. The maximum atomic E-state index is 5.65. The third-order valence-electron chi connectivity index (χ3n) is 4.31. The Morgan fingerprint density at radius 2 is 1.76 bits per heavy atom. The van der Waals surface area contributed by atoms with Crippen LogP contribution in [-0.4, -0.2) is 23.4 Å². The summed E-state index contributed by atoms with van der Waals surface area (Å²) in [6.07, 6.45) is 4.90. The summed E-state index contributed by atoms with van der Waals surface area (Å²) >= 11 is 0. The molecule has 2 nitrogen and oxygen atoms in total. The van der Waals surface area contributed by atoms with Crippen molar-refractivity contribution < 1.29 is 4.58 Å². The van der Waals surface area contributed by atoms with Gasteiger partial charge in [-0.1, -0.05) is 27.4 Å². The number of nitrogens with two attached hydrogens (primary N) is 1. The lowest BCUT2D eigenvalue weighted by atomic mass is 9.63. The molecule has 0 spiro atoms. The van der Waals surface area contributed by atoms with E-state index in [9.17, 15) is 0 Å². The highest BCUT2D eigenvalue weighted by molar-refractivity contribution is 5.95. The fourth-order valence-corrected chi connectivity index (χ4v) is 1.97. The maximum absolute atomic E-state index is 5.65. The van der Waals surface area contributed by atoms with Gasteiger partial charge in [0.15, 0.2) is 18.5 Å². The Bertz CT molecular complexity index is 309. The molecule has 0 saturated heterocycles. The molecule has 0 aliphatic heterocycles. The predicted molar refractivity (Wildman–Crippen MR) is 77.4 cm³/mol. The van der Waals surface area contributed by atoms with Crippen molar-refractivity contribution in [1.29, 1.82) is 0 Å². The Kier molecular flexibility index (Phi) is 5.83. The van der Waals surface area contributed by atoms with Crippen LogP contribution in [0.4, 0.5) is 0 Å². The SMILES string of the molecule is C=CC(=[N+](C=C)CCN)C(C)(C)C(C)(C)CC. The minimum Gasteiger partial charge on any atom is -0.325 e. The van der Waals surface area contributed by atoms with Crippen molar-refractivity contribution in [1.82, 2.24) is 0 Å². The molecular weight excluding hydrogens is 208 g/mol. The molecule has 0 saturated carbocycles. The van der Waals surface area contributed by atoms with Gasteiger partial charge >= 0.3 is 0 Å². The summed E-state index contributed by atoms with van der Waals surface area (Å²) in [6, 6.07) is 0. The molecule has 0 aromatic carbocycles. The van der Waals surface area contributed by atoms with Gasteiger partial charge in [-0.2, -0.15) is 0 Å². The van der Waals surface area contributed by atoms with Crippen molar-refractivity contribution in [3.05, 3.63) is 25.4 Å². The van der Waals surface area contributed by atoms with Crippen LogP contribution in [0.3, 0.4) is 0 Å². The molecule has 2 N–H and O–H groups in total. The lowest BCUT2D eigenvalue weighted by molar-refractivity contribution is -0.457. The van der Waals surface area contributed by atoms with Gasteiger partial charge in [-0.25, -0.2) is 4.58 Å². The monoisotopic (exact) mass is 237 g/mol. The Labute approximate surface area is 107 Å². The van der Waals surface area contributed by atoms with Gasteiger partial charge in [0.1, 0.15) is 0 Å². The summed E-state index contributed by atoms with van der Waals surface area (Å²) in [6.45, 7) is 20.6. The van der Waals surface area contributed by atoms with Crippen molar-refractivity contribution in [2.75, 3.05) is 13.1 Å². The van der Waals surface area contributed by atoms with Crippen molar-refractivity contribution in [2.45, 2.75) is 41.0 Å². The summed E-state index contributed by atoms with van der Waals surface area (Å²) in [4.78, 5) is 0. The fraction of sp³-hybridized carbons (Fsp3) is 0.667. The molecule has 0 aliphatic rings. The van der Waals surface area contributed by atoms with E-state index in [0.29, 0.717) is 6.54 Å². The van der Waals surface area contributed by atoms with E-state index >= 15 is 0 Å². The average Bonchev–Trinajstić information content (AvgIpc) is 2.28. The van der Waals surface area contributed by atoms with Crippen LogP contribution >= 0.6 is 0 Å². The molecule has 0 unspecified atom stereocenters. The van der Waals surface area contributed by atoms with Gasteiger partial charge in [0.25, 0.3) is 0 Å². The van der Waals surface area contributed by atoms with Crippen LogP contribution in [0.25, 0.3) is 0 Å². The average molecular weight is 237 g/mol. The highest BCUT2D eigenvalue weighted by Crippen LogP contribution is 2.42. The maximum Gasteiger partial charge on any atom is 0.186 e. The second-order valence-corrected chi connectivity index (χ2v) is 5.62. The Morgan fingerprint density at radius 3 is 2.06 bits per heavy atom. The van der Waals surface area contributed by atoms with E-state index < -0.39 is 0 Å². The van der Waals surface area contributed by atoms with Crippen LogP contribution in [-0.2, 0) is 0 Å². The second kappa shape index (κ2) is 6.15. The standard InChI is InChI=1S/C15H29N2/c1-8-13(17(10-3)12-11-16)15(6,7)14(4,5)9-2/h8,10H,1,3,9,11-12,16H2,2,4-7H3/q+1. The summed E-state index contributed by atoms with van der Waals surface area (Å²) in [5.74, 6) is 0. The summed E-state index contributed by atoms with van der Waals surface area (Å²) in [5, 5.41) is 0. The van der Waals surface area contributed by atoms with Crippen molar-refractivity contribution >= 4 is 5.71 Å². The first kappa shape index (κ1) is 16.1. The molecule has 98 valence electrons. The summed E-state index contributed by atoms with van der Waals surface area (Å²) < 4.78 is 2.12. The van der Waals surface area contributed by atoms with E-state index in [2.05, 4.69) is 52.4 Å². The Balaban J connectivity index is 5.66. The van der Waals surface area contributed by atoms with Gasteiger partial charge in [-0.15, -0.1) is 0 Å². The first-order valence-electron chi connectivity index (χ1n) is 6.37. The highest BCUT2D eigenvalue weighted by atomic mass is 15.0. The second-order valence-electron chi connectivity index (χ2n) is 5.62. The molecule has 0 fully saturated rings. The van der Waals surface area contributed by atoms with Gasteiger partial charge in [0.2, 0.25) is 0 Å². The molecule has 0 atom stereocenters. The number of nitrogens with zero attached hydrogens (tertiary/aromatic N) is 1. The van der Waals surface area contributed by atoms with E-state index in [4.69, 9.17) is 5.73 Å². The van der Waals surface area contributed by atoms with Crippen molar-refractivity contribution in [3.8, 4) is 0 Å². The summed E-state index contributed by atoms with van der Waals surface area (Å²) in [5.41, 5.74) is 7.08. The molecule has 0 rings (SSSR count). The molecule has 0 aromatic rings. The first-order chi connectivity index (χ1) is 7.78. The highest BCUT2D eigenvalue weighted by Gasteiger charge is 2.43. The fourth-order valence-electron chi connectivity index (χ4n) is 1.97. The van der Waals surface area contributed by atoms with E-state index in [1.54, 1.807) is 0 Å². The molecule has 0 aromatic heterocycles. The first-order valence-corrected chi connectivity index (χ1v) is 6.37. The van der Waals surface area contributed by atoms with Crippen LogP contribution in [0, 0.1) is 10.8 Å². The largest absolute Gasteiger partial charge is 0.325 e. The van der Waals surface area contributed by atoms with Gasteiger partial charge in [0, 0.05) is 0 Å². The van der Waals surface area contributed by atoms with E-state index in [0.717, 1.165) is 13.0 Å². The third-order valence-corrected chi connectivity index (χ3v) is 4.31. The van der Waals surface area contributed by atoms with E-state index in [-0.39, 0.29) is 10.8 Å². The number of rotatable bonds is 7. The molecular formula is C15H29N2+. The molecule has 0 heterocycles. The van der Waals surface area contributed by atoms with Crippen LogP contribution in [0.15, 0.2) is 25.4 Å². The molecule has 0 aliphatic carbocycles. The van der Waals surface area contributed by atoms with Crippen molar-refractivity contribution in [3.63, 3.8) is 0 Å². The molecule has 17 heavy (non-hydrogen) atoms. The zero-order chi connectivity index (χ0) is 13.7. The smallest absolute Gasteiger partial charge is 0.186 e. The van der Waals surface area contributed by atoms with E-state index in [1.165, 1.54) is 5.71 Å². The summed E-state index contributed by atoms with van der Waals surface area (Å²) in [7, 11) is 0. The number of hydrogen-bond acceptors (Lipinski definition) is 1. The van der Waals surface area contributed by atoms with Gasteiger partial charge in [0.05, 0.1) is 12.0 Å². The lowest BCUT2D eigenvalue weighted by Gasteiger charge is -2.39. The van der Waals surface area contributed by atoms with Crippen LogP contribution < -0.4 is 5.73 Å². The zero-order valence-electron chi connectivity index (χ0n) is 12.2. The minimum atomic E-state index is 0.0346. The molecule has 0 radical (unpaired) electrons. The lowest BCUT2D eigenvalue weighted by Crippen LogP contribution is -2.42. The zero-order valence-corrected chi connectivity index (χ0v) is 12.2. The Morgan fingerprint density at radius 1 is 1.24 bits per heavy atom. The minimum absolute atomic E-state index is 0.0346. The van der Waals surface area contributed by atoms with Crippen LogP contribution in [0.1, 0.15) is 41.0 Å². The quantitative estimate of drug-likeness (QED) is 0.535. The van der Waals surface area contributed by atoms with Crippen LogP contribution in [0.5, 0.6) is 0 Å². The molecule has 0 bridgehead atoms. The molecule has 0 amide bonds. The number of allylic oxidation sites excluding steroid dienone is 1. The van der Waals surface area contributed by atoms with E-state index in [1.807, 2.05) is 12.3 Å². The van der Waals surface area contributed by atoms with Crippen LogP contribution in [0.2, 0.25) is 0 Å². The van der Waals surface area contributed by atoms with Crippen molar-refractivity contribution in [2.24, 2.45) is 16.6 Å². The number of hydrogen-bond donors (Lipinski definition) is 1. The van der Waals surface area contributed by atoms with Gasteiger partial charge < -0.3 is 5.73 Å². The van der Waals surface area contributed by atoms with Gasteiger partial charge in [-0.3, -0.25) is 0 Å². The van der Waals surface area contributed by atoms with Gasteiger partial charge in [-0.05, 0) is 38.3 Å². The normalized spacial score (nSPS) is 14.2. The topological polar surface area (TPSA) is 29.0 Å². The Hall–Kier alpha value is -0.890. The third kappa shape index (κ3) is 3.29.